The lowest BCUT2D eigenvalue weighted by Gasteiger charge is -2.03. The summed E-state index contributed by atoms with van der Waals surface area (Å²) in [6, 6.07) is 1.73. The van der Waals surface area contributed by atoms with Gasteiger partial charge in [-0.25, -0.2) is 8.78 Å². The Hall–Kier alpha value is -1.14. The first-order valence-corrected chi connectivity index (χ1v) is 3.13. The maximum atomic E-state index is 12.7. The SMILES string of the molecule is Nc1cc(F)c(F)c(B(O)O)c1. The molecule has 3 nitrogen and oxygen atoms in total. The van der Waals surface area contributed by atoms with Gasteiger partial charge in [-0.1, -0.05) is 0 Å². The quantitative estimate of drug-likeness (QED) is 0.385. The summed E-state index contributed by atoms with van der Waals surface area (Å²) in [5, 5.41) is 17.1. The minimum absolute atomic E-state index is 0.0583. The van der Waals surface area contributed by atoms with Crippen molar-refractivity contribution in [3.05, 3.63) is 23.8 Å². The van der Waals surface area contributed by atoms with Crippen LogP contribution in [0.4, 0.5) is 14.5 Å². The van der Waals surface area contributed by atoms with Gasteiger partial charge in [-0.3, -0.25) is 0 Å². The van der Waals surface area contributed by atoms with Crippen LogP contribution >= 0.6 is 0 Å². The third kappa shape index (κ3) is 1.54. The Morgan fingerprint density at radius 1 is 1.25 bits per heavy atom. The van der Waals surface area contributed by atoms with Gasteiger partial charge in [0.05, 0.1) is 0 Å². The zero-order valence-electron chi connectivity index (χ0n) is 5.96. The molecule has 0 aliphatic carbocycles. The van der Waals surface area contributed by atoms with E-state index in [0.717, 1.165) is 12.1 Å². The summed E-state index contributed by atoms with van der Waals surface area (Å²) >= 11 is 0. The highest BCUT2D eigenvalue weighted by Crippen LogP contribution is 2.08. The van der Waals surface area contributed by atoms with Crippen molar-refractivity contribution >= 4 is 18.3 Å². The summed E-state index contributed by atoms with van der Waals surface area (Å²) < 4.78 is 25.2. The predicted molar refractivity (Wildman–Crippen MR) is 40.6 cm³/mol. The molecule has 0 spiro atoms. The van der Waals surface area contributed by atoms with Gasteiger partial charge in [-0.05, 0) is 12.1 Å². The standard InChI is InChI=1S/C6H6BF2NO2/c8-5-2-3(10)1-4(6(5)9)7(11)12/h1-2,11-12H,10H2. The highest BCUT2D eigenvalue weighted by atomic mass is 19.2. The molecule has 0 saturated heterocycles. The maximum absolute atomic E-state index is 12.7. The molecule has 0 bridgehead atoms. The molecule has 0 aromatic heterocycles. The van der Waals surface area contributed by atoms with Crippen LogP contribution in [-0.4, -0.2) is 17.2 Å². The molecule has 1 rings (SSSR count). The van der Waals surface area contributed by atoms with Gasteiger partial charge in [0.2, 0.25) is 0 Å². The number of anilines is 1. The molecule has 0 fully saturated rings. The highest BCUT2D eigenvalue weighted by molar-refractivity contribution is 6.58. The second-order valence-electron chi connectivity index (χ2n) is 2.28. The van der Waals surface area contributed by atoms with Crippen molar-refractivity contribution in [3.63, 3.8) is 0 Å². The molecule has 0 aliphatic heterocycles. The van der Waals surface area contributed by atoms with Crippen LogP contribution in [-0.2, 0) is 0 Å². The summed E-state index contributed by atoms with van der Waals surface area (Å²) in [5.74, 6) is -2.49. The average molecular weight is 173 g/mol. The minimum Gasteiger partial charge on any atom is -0.423 e. The summed E-state index contributed by atoms with van der Waals surface area (Å²) in [5.41, 5.74) is 4.52. The molecule has 0 aliphatic rings. The Balaban J connectivity index is 3.28. The molecule has 0 radical (unpaired) electrons. The van der Waals surface area contributed by atoms with E-state index in [1.54, 1.807) is 0 Å². The van der Waals surface area contributed by atoms with Crippen LogP contribution < -0.4 is 11.2 Å². The van der Waals surface area contributed by atoms with E-state index in [4.69, 9.17) is 15.8 Å². The summed E-state index contributed by atoms with van der Waals surface area (Å²) in [4.78, 5) is 0. The van der Waals surface area contributed by atoms with E-state index in [1.165, 1.54) is 0 Å². The molecule has 0 heterocycles. The van der Waals surface area contributed by atoms with Crippen LogP contribution in [0.1, 0.15) is 0 Å². The lowest BCUT2D eigenvalue weighted by molar-refractivity contribution is 0.420. The third-order valence-electron chi connectivity index (χ3n) is 1.36. The lowest BCUT2D eigenvalue weighted by Crippen LogP contribution is -2.33. The lowest BCUT2D eigenvalue weighted by atomic mass is 9.79. The van der Waals surface area contributed by atoms with Crippen molar-refractivity contribution in [2.75, 3.05) is 5.73 Å². The van der Waals surface area contributed by atoms with Gasteiger partial charge in [0.1, 0.15) is 0 Å². The second-order valence-corrected chi connectivity index (χ2v) is 2.28. The summed E-state index contributed by atoms with van der Waals surface area (Å²) in [6.45, 7) is 0. The van der Waals surface area contributed by atoms with Gasteiger partial charge in [-0.2, -0.15) is 0 Å². The van der Waals surface area contributed by atoms with Crippen LogP contribution in [0.5, 0.6) is 0 Å². The number of hydrogen-bond donors (Lipinski definition) is 3. The molecule has 0 atom stereocenters. The van der Waals surface area contributed by atoms with Crippen LogP contribution in [0.15, 0.2) is 12.1 Å². The molecule has 4 N–H and O–H groups in total. The van der Waals surface area contributed by atoms with Crippen LogP contribution in [0.3, 0.4) is 0 Å². The Morgan fingerprint density at radius 3 is 2.33 bits per heavy atom. The number of nitrogen functional groups attached to an aromatic ring is 1. The van der Waals surface area contributed by atoms with E-state index in [2.05, 4.69) is 0 Å². The first kappa shape index (κ1) is 8.96. The molecule has 1 aromatic carbocycles. The molecule has 64 valence electrons. The topological polar surface area (TPSA) is 66.5 Å². The monoisotopic (exact) mass is 173 g/mol. The molecule has 0 amide bonds. The number of halogens is 2. The molecule has 1 aromatic rings. The van der Waals surface area contributed by atoms with Gasteiger partial charge in [-0.15, -0.1) is 0 Å². The van der Waals surface area contributed by atoms with Gasteiger partial charge < -0.3 is 15.8 Å². The fourth-order valence-electron chi connectivity index (χ4n) is 0.820. The zero-order chi connectivity index (χ0) is 9.30. The van der Waals surface area contributed by atoms with Gasteiger partial charge >= 0.3 is 7.12 Å². The van der Waals surface area contributed by atoms with Crippen molar-refractivity contribution < 1.29 is 18.8 Å². The summed E-state index contributed by atoms with van der Waals surface area (Å²) in [7, 11) is -2.05. The fraction of sp³-hybridized carbons (Fsp3) is 0. The molecule has 0 saturated carbocycles. The van der Waals surface area contributed by atoms with E-state index in [9.17, 15) is 8.78 Å². The summed E-state index contributed by atoms with van der Waals surface area (Å²) in [6.07, 6.45) is 0. The van der Waals surface area contributed by atoms with E-state index in [1.807, 2.05) is 0 Å². The largest absolute Gasteiger partial charge is 0.491 e. The number of hydrogen-bond acceptors (Lipinski definition) is 3. The average Bonchev–Trinajstić information content (AvgIpc) is 1.96. The molecule has 0 unspecified atom stereocenters. The first-order valence-electron chi connectivity index (χ1n) is 3.13. The van der Waals surface area contributed by atoms with Gasteiger partial charge in [0.25, 0.3) is 0 Å². The first-order chi connectivity index (χ1) is 5.52. The minimum atomic E-state index is -2.05. The third-order valence-corrected chi connectivity index (χ3v) is 1.36. The van der Waals surface area contributed by atoms with Crippen molar-refractivity contribution in [2.45, 2.75) is 0 Å². The van der Waals surface area contributed by atoms with Crippen LogP contribution in [0, 0.1) is 11.6 Å². The van der Waals surface area contributed by atoms with Gasteiger partial charge in [0.15, 0.2) is 11.6 Å². The number of nitrogens with two attached hydrogens (primary N) is 1. The van der Waals surface area contributed by atoms with Crippen molar-refractivity contribution in [2.24, 2.45) is 0 Å². The van der Waals surface area contributed by atoms with E-state index in [-0.39, 0.29) is 5.69 Å². The fourth-order valence-corrected chi connectivity index (χ4v) is 0.820. The van der Waals surface area contributed by atoms with E-state index >= 15 is 0 Å². The molecule has 12 heavy (non-hydrogen) atoms. The predicted octanol–water partition coefficient (Wildman–Crippen LogP) is -0.773. The molecule has 6 heteroatoms. The highest BCUT2D eigenvalue weighted by Gasteiger charge is 2.19. The van der Waals surface area contributed by atoms with E-state index < -0.39 is 24.2 Å². The maximum Gasteiger partial charge on any atom is 0.491 e. The smallest absolute Gasteiger partial charge is 0.423 e. The van der Waals surface area contributed by atoms with Crippen LogP contribution in [0.25, 0.3) is 0 Å². The Labute approximate surface area is 67.6 Å². The van der Waals surface area contributed by atoms with Crippen molar-refractivity contribution in [3.8, 4) is 0 Å². The Morgan fingerprint density at radius 2 is 1.83 bits per heavy atom. The number of rotatable bonds is 1. The molecular weight excluding hydrogens is 167 g/mol. The van der Waals surface area contributed by atoms with E-state index in [0.29, 0.717) is 0 Å². The molecular formula is C6H6BF2NO2. The zero-order valence-corrected chi connectivity index (χ0v) is 5.96. The van der Waals surface area contributed by atoms with Gasteiger partial charge in [0, 0.05) is 11.2 Å². The number of benzene rings is 1. The van der Waals surface area contributed by atoms with Crippen molar-refractivity contribution in [1.82, 2.24) is 0 Å². The van der Waals surface area contributed by atoms with Crippen LogP contribution in [0.2, 0.25) is 0 Å². The van der Waals surface area contributed by atoms with Crippen molar-refractivity contribution in [1.29, 1.82) is 0 Å². The normalized spacial score (nSPS) is 10.0. The second kappa shape index (κ2) is 3.08. The Bertz CT molecular complexity index is 306. The Kier molecular flexibility index (Phi) is 2.30.